The summed E-state index contributed by atoms with van der Waals surface area (Å²) >= 11 is 2.19. The lowest BCUT2D eigenvalue weighted by Crippen LogP contribution is -1.89. The second-order valence-corrected chi connectivity index (χ2v) is 2.19. The highest BCUT2D eigenvalue weighted by Crippen LogP contribution is 1.93. The fourth-order valence-electron chi connectivity index (χ4n) is 0.390. The fraction of sp³-hybridized carbons (Fsp3) is 0.500. The highest BCUT2D eigenvalue weighted by atomic mass is 127. The molecule has 0 N–H and O–H groups in total. The Labute approximate surface area is 64.0 Å². The summed E-state index contributed by atoms with van der Waals surface area (Å²) < 4.78 is 1.98. The summed E-state index contributed by atoms with van der Waals surface area (Å²) in [5.41, 5.74) is 0. The van der Waals surface area contributed by atoms with Gasteiger partial charge >= 0.3 is 0 Å². The first-order chi connectivity index (χ1) is 3.81. The second kappa shape index (κ2) is 5.28. The van der Waals surface area contributed by atoms with Crippen LogP contribution in [0.2, 0.25) is 0 Å². The lowest BCUT2D eigenvalue weighted by Gasteiger charge is -1.92. The van der Waals surface area contributed by atoms with E-state index in [1.165, 1.54) is 0 Å². The number of nitrogens with zero attached hydrogens (tertiary/aromatic N) is 1. The molecule has 0 aromatic rings. The van der Waals surface area contributed by atoms with Crippen LogP contribution in [0.5, 0.6) is 0 Å². The van der Waals surface area contributed by atoms with Crippen molar-refractivity contribution in [1.82, 2.24) is 0 Å². The summed E-state index contributed by atoms with van der Waals surface area (Å²) in [4.78, 5) is 4.10. The van der Waals surface area contributed by atoms with Crippen molar-refractivity contribution in [3.8, 4) is 0 Å². The average Bonchev–Trinajstić information content (AvgIpc) is 1.68. The normalized spacial score (nSPS) is 15.9. The quantitative estimate of drug-likeness (QED) is 0.503. The van der Waals surface area contributed by atoms with Gasteiger partial charge in [-0.1, -0.05) is 28.7 Å². The molecule has 1 unspecified atom stereocenters. The number of halogens is 1. The molecule has 0 heterocycles. The lowest BCUT2D eigenvalue weighted by molar-refractivity contribution is 0.934. The van der Waals surface area contributed by atoms with Gasteiger partial charge in [-0.15, -0.1) is 0 Å². The molecular formula is C6H10IN. The van der Waals surface area contributed by atoms with Crippen LogP contribution in [-0.2, 0) is 0 Å². The van der Waals surface area contributed by atoms with Crippen molar-refractivity contribution in [3.05, 3.63) is 10.2 Å². The predicted molar refractivity (Wildman–Crippen MR) is 46.8 cm³/mol. The minimum absolute atomic E-state index is 0.344. The van der Waals surface area contributed by atoms with Crippen LogP contribution >= 0.6 is 22.6 Å². The molecule has 0 fully saturated rings. The topological polar surface area (TPSA) is 12.4 Å². The largest absolute Gasteiger partial charge is 0.291 e. The van der Waals surface area contributed by atoms with Gasteiger partial charge < -0.3 is 0 Å². The summed E-state index contributed by atoms with van der Waals surface area (Å²) in [6.45, 7) is 3.98. The Morgan fingerprint density at radius 3 is 2.62 bits per heavy atom. The van der Waals surface area contributed by atoms with Crippen LogP contribution in [0.4, 0.5) is 0 Å². The molecule has 0 spiro atoms. The monoisotopic (exact) mass is 223 g/mol. The van der Waals surface area contributed by atoms with Gasteiger partial charge in [-0.3, -0.25) is 4.99 Å². The van der Waals surface area contributed by atoms with Crippen molar-refractivity contribution in [3.63, 3.8) is 0 Å². The molecule has 8 heavy (non-hydrogen) atoms. The minimum atomic E-state index is 0.344. The highest BCUT2D eigenvalue weighted by Gasteiger charge is 1.84. The Bertz CT molecular complexity index is 84.7. The van der Waals surface area contributed by atoms with Crippen molar-refractivity contribution in [2.45, 2.75) is 19.9 Å². The number of hydrogen-bond donors (Lipinski definition) is 0. The molecule has 0 aliphatic rings. The van der Waals surface area contributed by atoms with Gasteiger partial charge in [0.05, 0.1) is 6.04 Å². The molecule has 46 valence electrons. The molecule has 0 amide bonds. The molecular weight excluding hydrogens is 213 g/mol. The van der Waals surface area contributed by atoms with Gasteiger partial charge in [0, 0.05) is 0 Å². The zero-order valence-electron chi connectivity index (χ0n) is 5.13. The molecule has 0 bridgehead atoms. The summed E-state index contributed by atoms with van der Waals surface area (Å²) in [6.07, 6.45) is 3.86. The summed E-state index contributed by atoms with van der Waals surface area (Å²) in [6, 6.07) is 0.344. The maximum Gasteiger partial charge on any atom is 0.0655 e. The summed E-state index contributed by atoms with van der Waals surface area (Å²) in [5.74, 6) is 0. The van der Waals surface area contributed by atoms with Gasteiger partial charge in [-0.05, 0) is 24.1 Å². The lowest BCUT2D eigenvalue weighted by atomic mass is 10.4. The zero-order chi connectivity index (χ0) is 6.41. The van der Waals surface area contributed by atoms with Gasteiger partial charge in [0.1, 0.15) is 0 Å². The molecule has 0 saturated carbocycles. The van der Waals surface area contributed by atoms with E-state index in [0.717, 1.165) is 0 Å². The van der Waals surface area contributed by atoms with Crippen molar-refractivity contribution in [2.75, 3.05) is 0 Å². The van der Waals surface area contributed by atoms with E-state index in [0.29, 0.717) is 6.04 Å². The van der Waals surface area contributed by atoms with Crippen molar-refractivity contribution >= 4 is 28.8 Å². The Balaban J connectivity index is 3.47. The number of rotatable bonds is 2. The molecule has 0 aromatic carbocycles. The maximum absolute atomic E-state index is 4.10. The molecule has 2 heteroatoms. The second-order valence-electron chi connectivity index (χ2n) is 1.47. The van der Waals surface area contributed by atoms with E-state index in [-0.39, 0.29) is 0 Å². The third-order valence-electron chi connectivity index (χ3n) is 0.735. The maximum atomic E-state index is 4.10. The first kappa shape index (κ1) is 8.14. The molecule has 0 rings (SSSR count). The Hall–Kier alpha value is 0.140. The molecule has 0 radical (unpaired) electrons. The number of hydrogen-bond acceptors (Lipinski definition) is 1. The van der Waals surface area contributed by atoms with Crippen LogP contribution in [-0.4, -0.2) is 12.3 Å². The van der Waals surface area contributed by atoms with Crippen molar-refractivity contribution < 1.29 is 0 Å². The van der Waals surface area contributed by atoms with Crippen LogP contribution in [0.25, 0.3) is 0 Å². The molecule has 0 aromatic heterocycles. The van der Waals surface area contributed by atoms with E-state index in [2.05, 4.69) is 34.5 Å². The first-order valence-electron chi connectivity index (χ1n) is 2.56. The van der Waals surface area contributed by atoms with Gasteiger partial charge in [0.15, 0.2) is 0 Å². The molecule has 0 aliphatic carbocycles. The Morgan fingerprint density at radius 1 is 1.62 bits per heavy atom. The fourth-order valence-corrected chi connectivity index (χ4v) is 0.991. The van der Waals surface area contributed by atoms with E-state index in [1.807, 2.05) is 23.3 Å². The van der Waals surface area contributed by atoms with E-state index >= 15 is 0 Å². The molecule has 0 aliphatic heterocycles. The summed E-state index contributed by atoms with van der Waals surface area (Å²) in [7, 11) is 0. The van der Waals surface area contributed by atoms with E-state index in [9.17, 15) is 0 Å². The zero-order valence-corrected chi connectivity index (χ0v) is 7.29. The predicted octanol–water partition coefficient (Wildman–Crippen LogP) is 2.41. The third kappa shape index (κ3) is 4.30. The van der Waals surface area contributed by atoms with Crippen LogP contribution in [0.1, 0.15) is 13.8 Å². The summed E-state index contributed by atoms with van der Waals surface area (Å²) in [5, 5.41) is 0. The van der Waals surface area contributed by atoms with E-state index in [4.69, 9.17) is 0 Å². The first-order valence-corrected chi connectivity index (χ1v) is 3.80. The standard InChI is InChI=1S/C6H10IN/c1-3-8-6(2)4-5-7/h3-6H,1-2H3/b5-4-,8-3-. The average molecular weight is 223 g/mol. The smallest absolute Gasteiger partial charge is 0.0655 e. The minimum Gasteiger partial charge on any atom is -0.291 e. The van der Waals surface area contributed by atoms with Crippen molar-refractivity contribution in [2.24, 2.45) is 4.99 Å². The molecule has 1 atom stereocenters. The van der Waals surface area contributed by atoms with Gasteiger partial charge in [0.25, 0.3) is 0 Å². The van der Waals surface area contributed by atoms with Gasteiger partial charge in [-0.25, -0.2) is 0 Å². The number of aliphatic imine (C=N–C) groups is 1. The Kier molecular flexibility index (Phi) is 5.37. The van der Waals surface area contributed by atoms with E-state index in [1.54, 1.807) is 0 Å². The van der Waals surface area contributed by atoms with Gasteiger partial charge in [-0.2, -0.15) is 0 Å². The van der Waals surface area contributed by atoms with Crippen LogP contribution in [0.15, 0.2) is 15.2 Å². The SMILES string of the molecule is C/C=N\C(C)/C=C\I. The van der Waals surface area contributed by atoms with Crippen LogP contribution in [0, 0.1) is 0 Å². The highest BCUT2D eigenvalue weighted by molar-refractivity contribution is 14.1. The third-order valence-corrected chi connectivity index (χ3v) is 1.15. The van der Waals surface area contributed by atoms with Gasteiger partial charge in [0.2, 0.25) is 0 Å². The van der Waals surface area contributed by atoms with E-state index < -0.39 is 0 Å². The molecule has 0 saturated heterocycles. The van der Waals surface area contributed by atoms with Crippen molar-refractivity contribution in [1.29, 1.82) is 0 Å². The molecule has 1 nitrogen and oxygen atoms in total. The van der Waals surface area contributed by atoms with Crippen LogP contribution < -0.4 is 0 Å². The Morgan fingerprint density at radius 2 is 2.25 bits per heavy atom. The van der Waals surface area contributed by atoms with Crippen LogP contribution in [0.3, 0.4) is 0 Å².